The Labute approximate surface area is 157 Å². The SMILES string of the molecule is CC(=NNC(=O)CCC(=O)Nc1cccc(Cl)c1C)c1ccc(N)cc1. The van der Waals surface area contributed by atoms with Crippen molar-refractivity contribution in [3.8, 4) is 0 Å². The van der Waals surface area contributed by atoms with E-state index in [1.165, 1.54) is 0 Å². The lowest BCUT2D eigenvalue weighted by atomic mass is 10.1. The lowest BCUT2D eigenvalue weighted by Crippen LogP contribution is -2.22. The van der Waals surface area contributed by atoms with E-state index in [9.17, 15) is 9.59 Å². The molecule has 0 atom stereocenters. The van der Waals surface area contributed by atoms with Crippen molar-refractivity contribution >= 4 is 40.5 Å². The van der Waals surface area contributed by atoms with Gasteiger partial charge in [0.2, 0.25) is 11.8 Å². The Kier molecular flexibility index (Phi) is 6.74. The molecule has 4 N–H and O–H groups in total. The van der Waals surface area contributed by atoms with Crippen molar-refractivity contribution in [1.82, 2.24) is 5.43 Å². The minimum absolute atomic E-state index is 0.0317. The summed E-state index contributed by atoms with van der Waals surface area (Å²) in [6.45, 7) is 3.60. The standard InChI is InChI=1S/C19H21ClN4O2/c1-12-16(20)4-3-5-17(12)22-18(25)10-11-19(26)24-23-13(2)14-6-8-15(21)9-7-14/h3-9H,10-11,21H2,1-2H3,(H,22,25)(H,24,26). The van der Waals surface area contributed by atoms with Crippen molar-refractivity contribution in [1.29, 1.82) is 0 Å². The topological polar surface area (TPSA) is 96.6 Å². The lowest BCUT2D eigenvalue weighted by molar-refractivity contribution is -0.124. The molecule has 0 aromatic heterocycles. The molecule has 0 spiro atoms. The van der Waals surface area contributed by atoms with Crippen molar-refractivity contribution in [3.63, 3.8) is 0 Å². The fourth-order valence-electron chi connectivity index (χ4n) is 2.17. The summed E-state index contributed by atoms with van der Waals surface area (Å²) in [7, 11) is 0. The highest BCUT2D eigenvalue weighted by Crippen LogP contribution is 2.23. The third-order valence-corrected chi connectivity index (χ3v) is 4.21. The molecule has 2 rings (SSSR count). The molecule has 6 nitrogen and oxygen atoms in total. The number of nitrogens with one attached hydrogen (secondary N) is 2. The van der Waals surface area contributed by atoms with Gasteiger partial charge in [-0.2, -0.15) is 5.10 Å². The molecule has 0 bridgehead atoms. The number of nitrogen functional groups attached to an aromatic ring is 1. The quantitative estimate of drug-likeness (QED) is 0.411. The Bertz CT molecular complexity index is 832. The normalized spacial score (nSPS) is 11.1. The summed E-state index contributed by atoms with van der Waals surface area (Å²) in [5, 5.41) is 7.37. The number of carbonyl (C=O) groups is 2. The third kappa shape index (κ3) is 5.60. The van der Waals surface area contributed by atoms with Crippen LogP contribution in [0.2, 0.25) is 5.02 Å². The first kappa shape index (κ1) is 19.5. The van der Waals surface area contributed by atoms with Gasteiger partial charge in [0.05, 0.1) is 5.71 Å². The molecule has 136 valence electrons. The van der Waals surface area contributed by atoms with E-state index in [-0.39, 0.29) is 24.7 Å². The van der Waals surface area contributed by atoms with Crippen LogP contribution in [0.25, 0.3) is 0 Å². The molecule has 0 unspecified atom stereocenters. The molecule has 7 heteroatoms. The van der Waals surface area contributed by atoms with Crippen molar-refractivity contribution in [3.05, 3.63) is 58.6 Å². The molecule has 0 aliphatic carbocycles. The van der Waals surface area contributed by atoms with Crippen LogP contribution in [-0.2, 0) is 9.59 Å². The van der Waals surface area contributed by atoms with Gasteiger partial charge in [0.25, 0.3) is 0 Å². The number of hydrazone groups is 1. The molecule has 2 aromatic rings. The van der Waals surface area contributed by atoms with E-state index < -0.39 is 0 Å². The highest BCUT2D eigenvalue weighted by atomic mass is 35.5. The second-order valence-corrected chi connectivity index (χ2v) is 6.22. The summed E-state index contributed by atoms with van der Waals surface area (Å²) in [4.78, 5) is 23.9. The highest BCUT2D eigenvalue weighted by Gasteiger charge is 2.09. The number of nitrogens with zero attached hydrogens (tertiary/aromatic N) is 1. The van der Waals surface area contributed by atoms with Crippen LogP contribution in [-0.4, -0.2) is 17.5 Å². The molecule has 26 heavy (non-hydrogen) atoms. The number of carbonyl (C=O) groups excluding carboxylic acids is 2. The number of rotatable bonds is 6. The lowest BCUT2D eigenvalue weighted by Gasteiger charge is -2.09. The average Bonchev–Trinajstić information content (AvgIpc) is 2.62. The zero-order valence-corrected chi connectivity index (χ0v) is 15.4. The number of hydrogen-bond donors (Lipinski definition) is 3. The van der Waals surface area contributed by atoms with Gasteiger partial charge >= 0.3 is 0 Å². The first-order valence-electron chi connectivity index (χ1n) is 8.11. The largest absolute Gasteiger partial charge is 0.399 e. The molecule has 0 saturated carbocycles. The van der Waals surface area contributed by atoms with Gasteiger partial charge in [-0.1, -0.05) is 29.8 Å². The van der Waals surface area contributed by atoms with E-state index in [4.69, 9.17) is 17.3 Å². The van der Waals surface area contributed by atoms with E-state index in [1.807, 2.05) is 19.1 Å². The van der Waals surface area contributed by atoms with Crippen LogP contribution in [0.4, 0.5) is 11.4 Å². The van der Waals surface area contributed by atoms with Crippen LogP contribution < -0.4 is 16.5 Å². The van der Waals surface area contributed by atoms with Crippen LogP contribution in [0.15, 0.2) is 47.6 Å². The van der Waals surface area contributed by atoms with Crippen LogP contribution in [0, 0.1) is 6.92 Å². The van der Waals surface area contributed by atoms with Crippen molar-refractivity contribution in [2.24, 2.45) is 5.10 Å². The molecule has 0 saturated heterocycles. The second-order valence-electron chi connectivity index (χ2n) is 5.81. The molecular formula is C19H21ClN4O2. The molecule has 0 aliphatic heterocycles. The van der Waals surface area contributed by atoms with E-state index in [0.717, 1.165) is 11.1 Å². The maximum Gasteiger partial charge on any atom is 0.240 e. The summed E-state index contributed by atoms with van der Waals surface area (Å²) >= 11 is 6.02. The van der Waals surface area contributed by atoms with Gasteiger partial charge in [-0.05, 0) is 49.2 Å². The van der Waals surface area contributed by atoms with E-state index in [1.54, 1.807) is 37.3 Å². The molecular weight excluding hydrogens is 352 g/mol. The first-order valence-corrected chi connectivity index (χ1v) is 8.48. The minimum Gasteiger partial charge on any atom is -0.399 e. The van der Waals surface area contributed by atoms with Gasteiger partial charge in [0, 0.05) is 29.2 Å². The summed E-state index contributed by atoms with van der Waals surface area (Å²) in [6, 6.07) is 12.4. The maximum atomic E-state index is 12.0. The maximum absolute atomic E-state index is 12.0. The predicted octanol–water partition coefficient (Wildman–Crippen LogP) is 3.49. The van der Waals surface area contributed by atoms with Crippen LogP contribution in [0.3, 0.4) is 0 Å². The van der Waals surface area contributed by atoms with Gasteiger partial charge in [-0.25, -0.2) is 5.43 Å². The zero-order valence-electron chi connectivity index (χ0n) is 14.7. The number of hydrogen-bond acceptors (Lipinski definition) is 4. The van der Waals surface area contributed by atoms with Gasteiger partial charge in [-0.15, -0.1) is 0 Å². The Morgan fingerprint density at radius 2 is 1.73 bits per heavy atom. The smallest absolute Gasteiger partial charge is 0.240 e. The number of benzene rings is 2. The molecule has 2 aromatic carbocycles. The second kappa shape index (κ2) is 9.01. The van der Waals surface area contributed by atoms with Gasteiger partial charge in [0.1, 0.15) is 0 Å². The summed E-state index contributed by atoms with van der Waals surface area (Å²) in [5.41, 5.74) is 11.7. The van der Waals surface area contributed by atoms with E-state index in [2.05, 4.69) is 15.8 Å². The average molecular weight is 373 g/mol. The van der Waals surface area contributed by atoms with E-state index >= 15 is 0 Å². The van der Waals surface area contributed by atoms with Gasteiger partial charge < -0.3 is 11.1 Å². The number of amides is 2. The van der Waals surface area contributed by atoms with Crippen molar-refractivity contribution < 1.29 is 9.59 Å². The van der Waals surface area contributed by atoms with Crippen LogP contribution >= 0.6 is 11.6 Å². The van der Waals surface area contributed by atoms with Crippen LogP contribution in [0.5, 0.6) is 0 Å². The van der Waals surface area contributed by atoms with Crippen molar-refractivity contribution in [2.45, 2.75) is 26.7 Å². The fraction of sp³-hybridized carbons (Fsp3) is 0.211. The fourth-order valence-corrected chi connectivity index (χ4v) is 2.35. The zero-order chi connectivity index (χ0) is 19.1. The molecule has 0 radical (unpaired) electrons. The minimum atomic E-state index is -0.335. The molecule has 0 aliphatic rings. The first-order chi connectivity index (χ1) is 12.4. The Morgan fingerprint density at radius 3 is 2.42 bits per heavy atom. The Hall–Kier alpha value is -2.86. The molecule has 0 fully saturated rings. The number of nitrogens with two attached hydrogens (primary N) is 1. The summed E-state index contributed by atoms with van der Waals surface area (Å²) in [6.07, 6.45) is 0.0815. The number of halogens is 1. The summed E-state index contributed by atoms with van der Waals surface area (Å²) in [5.74, 6) is -0.595. The van der Waals surface area contributed by atoms with Gasteiger partial charge in [0.15, 0.2) is 0 Å². The number of anilines is 2. The van der Waals surface area contributed by atoms with Gasteiger partial charge in [-0.3, -0.25) is 9.59 Å². The van der Waals surface area contributed by atoms with E-state index in [0.29, 0.717) is 22.1 Å². The van der Waals surface area contributed by atoms with Crippen LogP contribution in [0.1, 0.15) is 30.9 Å². The van der Waals surface area contributed by atoms with Crippen molar-refractivity contribution in [2.75, 3.05) is 11.1 Å². The highest BCUT2D eigenvalue weighted by molar-refractivity contribution is 6.31. The molecule has 0 heterocycles. The third-order valence-electron chi connectivity index (χ3n) is 3.80. The Morgan fingerprint density at radius 1 is 1.08 bits per heavy atom. The summed E-state index contributed by atoms with van der Waals surface area (Å²) < 4.78 is 0. The predicted molar refractivity (Wildman–Crippen MR) is 105 cm³/mol. The molecule has 2 amide bonds. The Balaban J connectivity index is 1.82. The monoisotopic (exact) mass is 372 g/mol.